The molecule has 0 aliphatic heterocycles. The maximum atomic E-state index is 5.95. The van der Waals surface area contributed by atoms with Crippen molar-refractivity contribution in [2.45, 2.75) is 25.8 Å². The van der Waals surface area contributed by atoms with Gasteiger partial charge in [-0.05, 0) is 43.5 Å². The molecule has 1 fully saturated rings. The van der Waals surface area contributed by atoms with Crippen molar-refractivity contribution in [1.82, 2.24) is 9.88 Å². The second-order valence-electron chi connectivity index (χ2n) is 6.09. The first-order valence-electron chi connectivity index (χ1n) is 7.16. The van der Waals surface area contributed by atoms with Crippen LogP contribution in [-0.4, -0.2) is 30.0 Å². The molecule has 1 aliphatic rings. The van der Waals surface area contributed by atoms with Gasteiger partial charge in [0, 0.05) is 30.2 Å². The topological polar surface area (TPSA) is 45.0 Å². The number of nitrogens with zero attached hydrogens (tertiary/aromatic N) is 1. The number of hydrogen-bond acceptors (Lipinski definition) is 2. The third-order valence-corrected chi connectivity index (χ3v) is 4.57. The smallest absolute Gasteiger partial charge is 0.0457 e. The van der Waals surface area contributed by atoms with Crippen LogP contribution in [0.15, 0.2) is 30.5 Å². The number of benzene rings is 1. The largest absolute Gasteiger partial charge is 0.361 e. The molecule has 0 atom stereocenters. The molecular formula is C16H23N3. The molecule has 0 spiro atoms. The molecule has 0 radical (unpaired) electrons. The molecule has 1 heterocycles. The van der Waals surface area contributed by atoms with E-state index < -0.39 is 0 Å². The summed E-state index contributed by atoms with van der Waals surface area (Å²) in [5.41, 5.74) is 8.94. The quantitative estimate of drug-likeness (QED) is 0.865. The SMILES string of the molecule is CN(Cc1c[nH]c2ccccc12)CC1(CN)CCC1. The van der Waals surface area contributed by atoms with Gasteiger partial charge < -0.3 is 15.6 Å². The van der Waals surface area contributed by atoms with Crippen molar-refractivity contribution >= 4 is 10.9 Å². The maximum absolute atomic E-state index is 5.95. The van der Waals surface area contributed by atoms with Crippen LogP contribution in [0, 0.1) is 5.41 Å². The predicted molar refractivity (Wildman–Crippen MR) is 80.0 cm³/mol. The van der Waals surface area contributed by atoms with E-state index in [0.29, 0.717) is 5.41 Å². The summed E-state index contributed by atoms with van der Waals surface area (Å²) < 4.78 is 0. The molecular weight excluding hydrogens is 234 g/mol. The van der Waals surface area contributed by atoms with Gasteiger partial charge in [-0.15, -0.1) is 0 Å². The van der Waals surface area contributed by atoms with Crippen molar-refractivity contribution in [3.8, 4) is 0 Å². The third-order valence-electron chi connectivity index (χ3n) is 4.57. The minimum Gasteiger partial charge on any atom is -0.361 e. The van der Waals surface area contributed by atoms with Crippen molar-refractivity contribution in [3.63, 3.8) is 0 Å². The van der Waals surface area contributed by atoms with E-state index in [0.717, 1.165) is 19.6 Å². The van der Waals surface area contributed by atoms with Crippen molar-refractivity contribution in [3.05, 3.63) is 36.0 Å². The van der Waals surface area contributed by atoms with Gasteiger partial charge in [0.25, 0.3) is 0 Å². The number of aromatic amines is 1. The molecule has 3 nitrogen and oxygen atoms in total. The van der Waals surface area contributed by atoms with E-state index in [1.54, 1.807) is 0 Å². The number of fused-ring (bicyclic) bond motifs is 1. The van der Waals surface area contributed by atoms with Gasteiger partial charge in [-0.25, -0.2) is 0 Å². The number of para-hydroxylation sites is 1. The Bertz CT molecular complexity index is 548. The zero-order valence-electron chi connectivity index (χ0n) is 11.7. The standard InChI is InChI=1S/C16H23N3/c1-19(12-16(11-17)7-4-8-16)10-13-9-18-15-6-3-2-5-14(13)15/h2-3,5-6,9,18H,4,7-8,10-12,17H2,1H3. The number of H-pyrrole nitrogens is 1. The van der Waals surface area contributed by atoms with E-state index in [1.807, 2.05) is 0 Å². The van der Waals surface area contributed by atoms with E-state index >= 15 is 0 Å². The summed E-state index contributed by atoms with van der Waals surface area (Å²) in [6.07, 6.45) is 6.07. The van der Waals surface area contributed by atoms with Gasteiger partial charge in [0.15, 0.2) is 0 Å². The van der Waals surface area contributed by atoms with Crippen molar-refractivity contribution in [1.29, 1.82) is 0 Å². The lowest BCUT2D eigenvalue weighted by Crippen LogP contribution is -2.45. The summed E-state index contributed by atoms with van der Waals surface area (Å²) in [6.45, 7) is 2.93. The minimum atomic E-state index is 0.390. The van der Waals surface area contributed by atoms with Crippen LogP contribution in [0.1, 0.15) is 24.8 Å². The van der Waals surface area contributed by atoms with Gasteiger partial charge in [0.1, 0.15) is 0 Å². The maximum Gasteiger partial charge on any atom is 0.0457 e. The zero-order chi connectivity index (χ0) is 13.3. The first-order chi connectivity index (χ1) is 9.22. The van der Waals surface area contributed by atoms with Gasteiger partial charge in [0.2, 0.25) is 0 Å². The molecule has 102 valence electrons. The second kappa shape index (κ2) is 4.99. The van der Waals surface area contributed by atoms with Gasteiger partial charge >= 0.3 is 0 Å². The molecule has 0 unspecified atom stereocenters. The van der Waals surface area contributed by atoms with Crippen LogP contribution in [0.2, 0.25) is 0 Å². The Morgan fingerprint density at radius 3 is 2.79 bits per heavy atom. The first kappa shape index (κ1) is 12.7. The Morgan fingerprint density at radius 1 is 1.32 bits per heavy atom. The number of nitrogens with two attached hydrogens (primary N) is 1. The molecule has 0 amide bonds. The van der Waals surface area contributed by atoms with Gasteiger partial charge in [-0.3, -0.25) is 0 Å². The highest BCUT2D eigenvalue weighted by molar-refractivity contribution is 5.82. The number of hydrogen-bond donors (Lipinski definition) is 2. The molecule has 3 N–H and O–H groups in total. The third kappa shape index (κ3) is 2.40. The summed E-state index contributed by atoms with van der Waals surface area (Å²) in [5.74, 6) is 0. The van der Waals surface area contributed by atoms with Crippen molar-refractivity contribution in [2.24, 2.45) is 11.1 Å². The summed E-state index contributed by atoms with van der Waals surface area (Å²) in [7, 11) is 2.21. The molecule has 1 saturated carbocycles. The van der Waals surface area contributed by atoms with E-state index in [-0.39, 0.29) is 0 Å². The second-order valence-corrected chi connectivity index (χ2v) is 6.09. The predicted octanol–water partition coefficient (Wildman–Crippen LogP) is 2.73. The highest BCUT2D eigenvalue weighted by Gasteiger charge is 2.36. The van der Waals surface area contributed by atoms with E-state index in [4.69, 9.17) is 5.73 Å². The number of nitrogens with one attached hydrogen (secondary N) is 1. The fraction of sp³-hybridized carbons (Fsp3) is 0.500. The highest BCUT2D eigenvalue weighted by atomic mass is 15.1. The monoisotopic (exact) mass is 257 g/mol. The number of aromatic nitrogens is 1. The Morgan fingerprint density at radius 2 is 2.11 bits per heavy atom. The molecule has 0 bridgehead atoms. The van der Waals surface area contributed by atoms with Crippen LogP contribution in [0.25, 0.3) is 10.9 Å². The summed E-state index contributed by atoms with van der Waals surface area (Å²) >= 11 is 0. The molecule has 2 aromatic rings. The van der Waals surface area contributed by atoms with Crippen molar-refractivity contribution < 1.29 is 0 Å². The van der Waals surface area contributed by atoms with Crippen molar-refractivity contribution in [2.75, 3.05) is 20.1 Å². The Kier molecular flexibility index (Phi) is 3.33. The summed E-state index contributed by atoms with van der Waals surface area (Å²) in [4.78, 5) is 5.77. The molecule has 0 saturated heterocycles. The normalized spacial score (nSPS) is 17.8. The Hall–Kier alpha value is -1.32. The van der Waals surface area contributed by atoms with E-state index in [2.05, 4.69) is 47.4 Å². The first-order valence-corrected chi connectivity index (χ1v) is 7.16. The average Bonchev–Trinajstić information content (AvgIpc) is 2.78. The molecule has 1 aromatic carbocycles. The fourth-order valence-corrected chi connectivity index (χ4v) is 3.29. The van der Waals surface area contributed by atoms with E-state index in [9.17, 15) is 0 Å². The van der Waals surface area contributed by atoms with Crippen LogP contribution in [-0.2, 0) is 6.54 Å². The lowest BCUT2D eigenvalue weighted by Gasteiger charge is -2.43. The van der Waals surface area contributed by atoms with Crippen LogP contribution >= 0.6 is 0 Å². The fourth-order valence-electron chi connectivity index (χ4n) is 3.29. The van der Waals surface area contributed by atoms with Crippen LogP contribution in [0.4, 0.5) is 0 Å². The minimum absolute atomic E-state index is 0.390. The van der Waals surface area contributed by atoms with Gasteiger partial charge in [0.05, 0.1) is 0 Å². The van der Waals surface area contributed by atoms with E-state index in [1.165, 1.54) is 35.7 Å². The molecule has 1 aliphatic carbocycles. The van der Waals surface area contributed by atoms with Gasteiger partial charge in [-0.2, -0.15) is 0 Å². The average molecular weight is 257 g/mol. The lowest BCUT2D eigenvalue weighted by molar-refractivity contribution is 0.0847. The molecule has 19 heavy (non-hydrogen) atoms. The summed E-state index contributed by atoms with van der Waals surface area (Å²) in [5, 5.41) is 1.34. The van der Waals surface area contributed by atoms with Gasteiger partial charge in [-0.1, -0.05) is 24.6 Å². The van der Waals surface area contributed by atoms with Crippen LogP contribution in [0.5, 0.6) is 0 Å². The zero-order valence-corrected chi connectivity index (χ0v) is 11.7. The van der Waals surface area contributed by atoms with Crippen LogP contribution in [0.3, 0.4) is 0 Å². The van der Waals surface area contributed by atoms with Crippen LogP contribution < -0.4 is 5.73 Å². The molecule has 3 rings (SSSR count). The summed E-state index contributed by atoms with van der Waals surface area (Å²) in [6, 6.07) is 8.50. The Balaban J connectivity index is 1.70. The number of rotatable bonds is 5. The Labute approximate surface area is 114 Å². The highest BCUT2D eigenvalue weighted by Crippen LogP contribution is 2.40. The molecule has 3 heteroatoms. The lowest BCUT2D eigenvalue weighted by atomic mass is 9.68. The molecule has 1 aromatic heterocycles.